The maximum Gasteiger partial charge on any atom is 0.223 e. The first kappa shape index (κ1) is 17.7. The minimum absolute atomic E-state index is 0.136. The summed E-state index contributed by atoms with van der Waals surface area (Å²) in [4.78, 5) is 16.8. The molecule has 24 heavy (non-hydrogen) atoms. The molecule has 1 aromatic rings. The summed E-state index contributed by atoms with van der Waals surface area (Å²) in [5.41, 5.74) is 1.27. The first-order valence-electron chi connectivity index (χ1n) is 8.92. The zero-order valence-corrected chi connectivity index (χ0v) is 15.1. The Balaban J connectivity index is 1.56. The van der Waals surface area contributed by atoms with Crippen molar-refractivity contribution in [3.05, 3.63) is 34.9 Å². The molecule has 1 spiro atoms. The molecule has 0 radical (unpaired) electrons. The van der Waals surface area contributed by atoms with Gasteiger partial charge in [0, 0.05) is 31.1 Å². The van der Waals surface area contributed by atoms with Gasteiger partial charge in [0.2, 0.25) is 5.91 Å². The minimum atomic E-state index is -0.231. The number of hydrogen-bond acceptors (Lipinski definition) is 3. The van der Waals surface area contributed by atoms with Gasteiger partial charge in [-0.1, -0.05) is 30.7 Å². The van der Waals surface area contributed by atoms with Gasteiger partial charge in [0.15, 0.2) is 0 Å². The Hall–Kier alpha value is -1.10. The van der Waals surface area contributed by atoms with Crippen molar-refractivity contribution in [2.75, 3.05) is 26.2 Å². The summed E-state index contributed by atoms with van der Waals surface area (Å²) in [6.07, 6.45) is 3.34. The molecule has 132 valence electrons. The second-order valence-electron chi connectivity index (χ2n) is 7.42. The van der Waals surface area contributed by atoms with E-state index in [2.05, 4.69) is 4.90 Å². The number of β-amino-alcohol motifs (C(OH)–C–C–N with tert-alkyl or cyclic N) is 1. The normalized spacial score (nSPS) is 22.3. The molecule has 2 fully saturated rings. The van der Waals surface area contributed by atoms with Gasteiger partial charge >= 0.3 is 0 Å². The molecule has 1 amide bonds. The van der Waals surface area contributed by atoms with Crippen molar-refractivity contribution in [3.63, 3.8) is 0 Å². The summed E-state index contributed by atoms with van der Waals surface area (Å²) in [5.74, 6) is 0.270. The number of aliphatic hydroxyl groups excluding tert-OH is 1. The number of amides is 1. The lowest BCUT2D eigenvalue weighted by Crippen LogP contribution is -2.44. The smallest absolute Gasteiger partial charge is 0.223 e. The standard InChI is InChI=1S/C19H27ClN2O2/c1-2-17(23)13-21-9-7-19(8-10-21)11-18(24)22(14-19)12-15-3-5-16(20)6-4-15/h3-6,17,23H,2,7-14H2,1H3/t17-/m1/s1. The molecule has 0 bridgehead atoms. The molecule has 1 N–H and O–H groups in total. The number of piperidine rings is 1. The molecular weight excluding hydrogens is 324 g/mol. The van der Waals surface area contributed by atoms with Crippen molar-refractivity contribution in [1.82, 2.24) is 9.80 Å². The lowest BCUT2D eigenvalue weighted by atomic mass is 9.77. The number of carbonyl (C=O) groups is 1. The first-order valence-corrected chi connectivity index (χ1v) is 9.30. The number of aliphatic hydroxyl groups is 1. The summed E-state index contributed by atoms with van der Waals surface area (Å²) in [7, 11) is 0. The van der Waals surface area contributed by atoms with E-state index < -0.39 is 0 Å². The highest BCUT2D eigenvalue weighted by atomic mass is 35.5. The zero-order valence-electron chi connectivity index (χ0n) is 14.4. The monoisotopic (exact) mass is 350 g/mol. The van der Waals surface area contributed by atoms with Crippen LogP contribution in [-0.2, 0) is 11.3 Å². The van der Waals surface area contributed by atoms with Gasteiger partial charge in [0.05, 0.1) is 6.10 Å². The van der Waals surface area contributed by atoms with Crippen LogP contribution in [0.1, 0.15) is 38.2 Å². The van der Waals surface area contributed by atoms with Gasteiger partial charge < -0.3 is 14.9 Å². The van der Waals surface area contributed by atoms with Crippen LogP contribution >= 0.6 is 11.6 Å². The third-order valence-corrected chi connectivity index (χ3v) is 5.80. The fraction of sp³-hybridized carbons (Fsp3) is 0.632. The Morgan fingerprint density at radius 1 is 1.25 bits per heavy atom. The van der Waals surface area contributed by atoms with Crippen LogP contribution in [0.4, 0.5) is 0 Å². The highest BCUT2D eigenvalue weighted by molar-refractivity contribution is 6.30. The lowest BCUT2D eigenvalue weighted by Gasteiger charge is -2.39. The van der Waals surface area contributed by atoms with Gasteiger partial charge in [0.1, 0.15) is 0 Å². The highest BCUT2D eigenvalue weighted by Crippen LogP contribution is 2.41. The molecular formula is C19H27ClN2O2. The number of likely N-dealkylation sites (tertiary alicyclic amines) is 2. The minimum Gasteiger partial charge on any atom is -0.392 e. The molecule has 2 aliphatic heterocycles. The average Bonchev–Trinajstić information content (AvgIpc) is 2.87. The summed E-state index contributed by atoms with van der Waals surface area (Å²) in [5, 5.41) is 10.5. The van der Waals surface area contributed by atoms with Crippen molar-refractivity contribution < 1.29 is 9.90 Å². The Labute approximate surface area is 149 Å². The number of carbonyl (C=O) groups excluding carboxylic acids is 1. The van der Waals surface area contributed by atoms with Crippen LogP contribution in [0.5, 0.6) is 0 Å². The SMILES string of the molecule is CC[C@@H](O)CN1CCC2(CC1)CC(=O)N(Cc1ccc(Cl)cc1)C2. The van der Waals surface area contributed by atoms with Crippen LogP contribution in [0, 0.1) is 5.41 Å². The van der Waals surface area contributed by atoms with E-state index in [9.17, 15) is 9.90 Å². The van der Waals surface area contributed by atoms with Crippen molar-refractivity contribution >= 4 is 17.5 Å². The Morgan fingerprint density at radius 3 is 2.54 bits per heavy atom. The predicted molar refractivity (Wildman–Crippen MR) is 95.9 cm³/mol. The highest BCUT2D eigenvalue weighted by Gasteiger charge is 2.44. The van der Waals surface area contributed by atoms with Crippen LogP contribution < -0.4 is 0 Å². The Kier molecular flexibility index (Phi) is 5.48. The second-order valence-corrected chi connectivity index (χ2v) is 7.85. The predicted octanol–water partition coefficient (Wildman–Crippen LogP) is 2.93. The van der Waals surface area contributed by atoms with Gasteiger partial charge in [0.25, 0.3) is 0 Å². The zero-order chi connectivity index (χ0) is 17.2. The van der Waals surface area contributed by atoms with Gasteiger partial charge in [-0.25, -0.2) is 0 Å². The molecule has 2 heterocycles. The van der Waals surface area contributed by atoms with E-state index in [1.807, 2.05) is 36.1 Å². The molecule has 1 aromatic carbocycles. The van der Waals surface area contributed by atoms with Crippen molar-refractivity contribution in [3.8, 4) is 0 Å². The summed E-state index contributed by atoms with van der Waals surface area (Å²) in [6, 6.07) is 7.75. The van der Waals surface area contributed by atoms with E-state index in [0.29, 0.717) is 13.0 Å². The average molecular weight is 351 g/mol. The van der Waals surface area contributed by atoms with E-state index in [1.165, 1.54) is 0 Å². The Morgan fingerprint density at radius 2 is 1.92 bits per heavy atom. The summed E-state index contributed by atoms with van der Waals surface area (Å²) >= 11 is 5.93. The molecule has 0 aliphatic carbocycles. The summed E-state index contributed by atoms with van der Waals surface area (Å²) < 4.78 is 0. The number of halogens is 1. The third kappa shape index (κ3) is 4.11. The Bertz CT molecular complexity index is 567. The number of rotatable bonds is 5. The van der Waals surface area contributed by atoms with Gasteiger partial charge in [-0.05, 0) is 55.5 Å². The molecule has 3 rings (SSSR count). The van der Waals surface area contributed by atoms with Crippen molar-refractivity contribution in [2.45, 2.75) is 45.3 Å². The molecule has 1 atom stereocenters. The topological polar surface area (TPSA) is 43.8 Å². The van der Waals surface area contributed by atoms with E-state index in [4.69, 9.17) is 11.6 Å². The van der Waals surface area contributed by atoms with Crippen LogP contribution in [-0.4, -0.2) is 53.1 Å². The molecule has 4 nitrogen and oxygen atoms in total. The fourth-order valence-electron chi connectivity index (χ4n) is 3.91. The molecule has 0 aromatic heterocycles. The summed E-state index contributed by atoms with van der Waals surface area (Å²) in [6.45, 7) is 6.28. The van der Waals surface area contributed by atoms with Gasteiger partial charge in [-0.2, -0.15) is 0 Å². The quantitative estimate of drug-likeness (QED) is 0.888. The van der Waals surface area contributed by atoms with Crippen molar-refractivity contribution in [1.29, 1.82) is 0 Å². The number of benzene rings is 1. The first-order chi connectivity index (χ1) is 11.5. The van der Waals surface area contributed by atoms with E-state index in [1.54, 1.807) is 0 Å². The van der Waals surface area contributed by atoms with Crippen LogP contribution in [0.15, 0.2) is 24.3 Å². The number of nitrogens with zero attached hydrogens (tertiary/aromatic N) is 2. The lowest BCUT2D eigenvalue weighted by molar-refractivity contribution is -0.128. The van der Waals surface area contributed by atoms with Crippen molar-refractivity contribution in [2.24, 2.45) is 5.41 Å². The molecule has 0 unspecified atom stereocenters. The van der Waals surface area contributed by atoms with E-state index >= 15 is 0 Å². The fourth-order valence-corrected chi connectivity index (χ4v) is 4.03. The van der Waals surface area contributed by atoms with E-state index in [0.717, 1.165) is 56.0 Å². The van der Waals surface area contributed by atoms with Crippen LogP contribution in [0.3, 0.4) is 0 Å². The second kappa shape index (κ2) is 7.42. The maximum atomic E-state index is 12.5. The van der Waals surface area contributed by atoms with Gasteiger partial charge in [-0.15, -0.1) is 0 Å². The van der Waals surface area contributed by atoms with Crippen LogP contribution in [0.25, 0.3) is 0 Å². The molecule has 2 saturated heterocycles. The molecule has 0 saturated carbocycles. The molecule has 2 aliphatic rings. The largest absolute Gasteiger partial charge is 0.392 e. The molecule has 5 heteroatoms. The maximum absolute atomic E-state index is 12.5. The van der Waals surface area contributed by atoms with E-state index in [-0.39, 0.29) is 17.4 Å². The third-order valence-electron chi connectivity index (χ3n) is 5.55. The van der Waals surface area contributed by atoms with Gasteiger partial charge in [-0.3, -0.25) is 4.79 Å². The number of hydrogen-bond donors (Lipinski definition) is 1. The van der Waals surface area contributed by atoms with Crippen LogP contribution in [0.2, 0.25) is 5.02 Å².